The minimum Gasteiger partial charge on any atom is -0.493 e. The van der Waals surface area contributed by atoms with Crippen LogP contribution in [0.5, 0.6) is 11.5 Å². The molecule has 0 amide bonds. The SMILES string of the molecule is COc1cc(C(=N)N)ccc1OCc1ccc(Cc2ncc[nH]2)cc1.CS(=O)(=O)O.CS(=O)(=O)O. The second kappa shape index (κ2) is 13.4. The standard InChI is InChI=1S/C19H20N4O2.2CH4O3S/c1-24-17-11-15(19(20)21)6-7-16(17)25-12-14-4-2-13(3-5-14)10-18-22-8-9-23-18;2*1-5(2,3)4/h2-9,11H,10,12H2,1H3,(H3,20,21)(H,22,23);2*1H3,(H,2,3,4). The Labute approximate surface area is 204 Å². The molecule has 2 aromatic carbocycles. The Hall–Kier alpha value is -3.46. The van der Waals surface area contributed by atoms with Gasteiger partial charge in [0.25, 0.3) is 20.2 Å². The highest BCUT2D eigenvalue weighted by atomic mass is 32.2. The van der Waals surface area contributed by atoms with Crippen LogP contribution in [0.4, 0.5) is 0 Å². The summed E-state index contributed by atoms with van der Waals surface area (Å²) in [5, 5.41) is 7.48. The summed E-state index contributed by atoms with van der Waals surface area (Å²) in [4.78, 5) is 7.33. The molecule has 0 aliphatic rings. The van der Waals surface area contributed by atoms with Gasteiger partial charge in [-0.15, -0.1) is 0 Å². The molecule has 1 aromatic heterocycles. The molecule has 0 fully saturated rings. The van der Waals surface area contributed by atoms with E-state index >= 15 is 0 Å². The molecule has 12 nitrogen and oxygen atoms in total. The number of benzene rings is 2. The molecular formula is C21H28N4O8S2. The lowest BCUT2D eigenvalue weighted by Crippen LogP contribution is -2.11. The number of methoxy groups -OCH3 is 1. The number of nitrogens with zero attached hydrogens (tertiary/aromatic N) is 1. The van der Waals surface area contributed by atoms with E-state index in [0.29, 0.717) is 36.2 Å². The van der Waals surface area contributed by atoms with Gasteiger partial charge in [0.2, 0.25) is 0 Å². The summed E-state index contributed by atoms with van der Waals surface area (Å²) < 4.78 is 62.9. The van der Waals surface area contributed by atoms with Gasteiger partial charge in [0.15, 0.2) is 11.5 Å². The van der Waals surface area contributed by atoms with Crippen molar-refractivity contribution in [3.63, 3.8) is 0 Å². The minimum absolute atomic E-state index is 0.00278. The van der Waals surface area contributed by atoms with E-state index in [-0.39, 0.29) is 5.84 Å². The van der Waals surface area contributed by atoms with Crippen LogP contribution < -0.4 is 15.2 Å². The predicted octanol–water partition coefficient (Wildman–Crippen LogP) is 1.88. The molecule has 192 valence electrons. The number of nitrogens with two attached hydrogens (primary N) is 1. The average Bonchev–Trinajstić information content (AvgIpc) is 3.23. The topological polar surface area (TPSA) is 206 Å². The van der Waals surface area contributed by atoms with E-state index in [4.69, 9.17) is 29.7 Å². The molecule has 14 heteroatoms. The van der Waals surface area contributed by atoms with Crippen molar-refractivity contribution in [3.8, 4) is 11.5 Å². The Bertz CT molecular complexity index is 1250. The minimum atomic E-state index is -3.67. The van der Waals surface area contributed by atoms with E-state index in [1.54, 1.807) is 31.5 Å². The quantitative estimate of drug-likeness (QED) is 0.171. The fourth-order valence-electron chi connectivity index (χ4n) is 2.46. The van der Waals surface area contributed by atoms with Gasteiger partial charge < -0.3 is 20.2 Å². The van der Waals surface area contributed by atoms with Crippen LogP contribution in [-0.2, 0) is 33.3 Å². The molecule has 0 saturated heterocycles. The number of nitrogen functional groups attached to an aromatic ring is 1. The van der Waals surface area contributed by atoms with E-state index in [1.165, 1.54) is 5.56 Å². The first-order valence-electron chi connectivity index (χ1n) is 9.72. The monoisotopic (exact) mass is 528 g/mol. The van der Waals surface area contributed by atoms with Gasteiger partial charge in [-0.1, -0.05) is 24.3 Å². The van der Waals surface area contributed by atoms with Crippen molar-refractivity contribution in [2.45, 2.75) is 13.0 Å². The van der Waals surface area contributed by atoms with Crippen molar-refractivity contribution < 1.29 is 35.4 Å². The van der Waals surface area contributed by atoms with Crippen LogP contribution >= 0.6 is 0 Å². The van der Waals surface area contributed by atoms with Crippen LogP contribution in [0.25, 0.3) is 0 Å². The maximum absolute atomic E-state index is 9.19. The third kappa shape index (κ3) is 14.4. The smallest absolute Gasteiger partial charge is 0.261 e. The van der Waals surface area contributed by atoms with Crippen molar-refractivity contribution >= 4 is 26.1 Å². The lowest BCUT2D eigenvalue weighted by Gasteiger charge is -2.12. The van der Waals surface area contributed by atoms with E-state index < -0.39 is 20.2 Å². The zero-order chi connectivity index (χ0) is 26.6. The first-order valence-corrected chi connectivity index (χ1v) is 13.4. The first-order chi connectivity index (χ1) is 16.2. The van der Waals surface area contributed by atoms with Crippen LogP contribution in [0.1, 0.15) is 22.5 Å². The second-order valence-electron chi connectivity index (χ2n) is 7.06. The summed E-state index contributed by atoms with van der Waals surface area (Å²) in [7, 11) is -5.77. The molecular weight excluding hydrogens is 500 g/mol. The average molecular weight is 529 g/mol. The zero-order valence-corrected chi connectivity index (χ0v) is 20.9. The van der Waals surface area contributed by atoms with Crippen molar-refractivity contribution in [1.29, 1.82) is 5.41 Å². The lowest BCUT2D eigenvalue weighted by atomic mass is 10.1. The van der Waals surface area contributed by atoms with Gasteiger partial charge in [-0.2, -0.15) is 16.8 Å². The molecule has 1 heterocycles. The maximum Gasteiger partial charge on any atom is 0.261 e. The van der Waals surface area contributed by atoms with Crippen LogP contribution in [-0.4, -0.2) is 61.4 Å². The molecule has 0 spiro atoms. The Balaban J connectivity index is 0.000000519. The Morgan fingerprint density at radius 2 is 1.54 bits per heavy atom. The van der Waals surface area contributed by atoms with Gasteiger partial charge in [0, 0.05) is 24.4 Å². The molecule has 0 aliphatic carbocycles. The highest BCUT2D eigenvalue weighted by Crippen LogP contribution is 2.28. The molecule has 0 aliphatic heterocycles. The molecule has 0 radical (unpaired) electrons. The Morgan fingerprint density at radius 3 is 2.00 bits per heavy atom. The van der Waals surface area contributed by atoms with Gasteiger partial charge >= 0.3 is 0 Å². The molecule has 0 atom stereocenters. The summed E-state index contributed by atoms with van der Waals surface area (Å²) in [5.41, 5.74) is 8.34. The zero-order valence-electron chi connectivity index (χ0n) is 19.3. The maximum atomic E-state index is 9.19. The van der Waals surface area contributed by atoms with Gasteiger partial charge in [-0.3, -0.25) is 14.5 Å². The number of hydrogen-bond donors (Lipinski definition) is 5. The fraction of sp³-hybridized carbons (Fsp3) is 0.238. The van der Waals surface area contributed by atoms with E-state index in [1.807, 2.05) is 18.3 Å². The molecule has 0 bridgehead atoms. The number of ether oxygens (including phenoxy) is 2. The van der Waals surface area contributed by atoms with Gasteiger partial charge in [0.1, 0.15) is 18.3 Å². The van der Waals surface area contributed by atoms with Crippen LogP contribution in [0.15, 0.2) is 54.9 Å². The molecule has 0 saturated carbocycles. The van der Waals surface area contributed by atoms with Gasteiger partial charge in [-0.25, -0.2) is 4.98 Å². The van der Waals surface area contributed by atoms with Crippen molar-refractivity contribution in [3.05, 3.63) is 77.4 Å². The third-order valence-corrected chi connectivity index (χ3v) is 3.82. The number of hydrogen-bond acceptors (Lipinski definition) is 8. The molecule has 6 N–H and O–H groups in total. The Kier molecular flexibility index (Phi) is 11.4. The first kappa shape index (κ1) is 29.6. The van der Waals surface area contributed by atoms with Crippen LogP contribution in [0.3, 0.4) is 0 Å². The highest BCUT2D eigenvalue weighted by molar-refractivity contribution is 7.85. The van der Waals surface area contributed by atoms with E-state index in [9.17, 15) is 16.8 Å². The summed E-state index contributed by atoms with van der Waals surface area (Å²) in [6, 6.07) is 13.4. The number of aromatic amines is 1. The highest BCUT2D eigenvalue weighted by Gasteiger charge is 2.08. The van der Waals surface area contributed by atoms with Crippen molar-refractivity contribution in [1.82, 2.24) is 9.97 Å². The Morgan fingerprint density at radius 1 is 1.00 bits per heavy atom. The van der Waals surface area contributed by atoms with Crippen LogP contribution in [0.2, 0.25) is 0 Å². The third-order valence-electron chi connectivity index (χ3n) is 3.82. The fourth-order valence-corrected chi connectivity index (χ4v) is 2.46. The number of imidazole rings is 1. The molecule has 3 aromatic rings. The number of rotatable bonds is 7. The lowest BCUT2D eigenvalue weighted by molar-refractivity contribution is 0.284. The number of nitrogens with one attached hydrogen (secondary N) is 2. The predicted molar refractivity (Wildman–Crippen MR) is 131 cm³/mol. The van der Waals surface area contributed by atoms with Gasteiger partial charge in [0.05, 0.1) is 19.6 Å². The van der Waals surface area contributed by atoms with Crippen molar-refractivity contribution in [2.24, 2.45) is 5.73 Å². The number of aromatic nitrogens is 2. The molecule has 35 heavy (non-hydrogen) atoms. The largest absolute Gasteiger partial charge is 0.493 e. The van der Waals surface area contributed by atoms with E-state index in [0.717, 1.165) is 17.8 Å². The molecule has 3 rings (SSSR count). The number of amidine groups is 1. The molecule has 0 unspecified atom stereocenters. The number of H-pyrrole nitrogens is 1. The van der Waals surface area contributed by atoms with E-state index in [2.05, 4.69) is 22.1 Å². The second-order valence-corrected chi connectivity index (χ2v) is 10.00. The van der Waals surface area contributed by atoms with Crippen molar-refractivity contribution in [2.75, 3.05) is 19.6 Å². The summed E-state index contributed by atoms with van der Waals surface area (Å²) in [6.07, 6.45) is 5.78. The normalized spacial score (nSPS) is 10.8. The summed E-state index contributed by atoms with van der Waals surface area (Å²) in [5.74, 6) is 2.12. The van der Waals surface area contributed by atoms with Gasteiger partial charge in [-0.05, 0) is 29.3 Å². The van der Waals surface area contributed by atoms with Crippen LogP contribution in [0, 0.1) is 5.41 Å². The summed E-state index contributed by atoms with van der Waals surface area (Å²) in [6.45, 7) is 0.427. The summed E-state index contributed by atoms with van der Waals surface area (Å²) >= 11 is 0.